The molecule has 1 fully saturated rings. The fourth-order valence-electron chi connectivity index (χ4n) is 6.86. The molecule has 0 N–H and O–H groups in total. The fourth-order valence-corrected chi connectivity index (χ4v) is 7.86. The number of anilines is 1. The van der Waals surface area contributed by atoms with Gasteiger partial charge in [-0.2, -0.15) is 0 Å². The van der Waals surface area contributed by atoms with Gasteiger partial charge in [0.15, 0.2) is 23.0 Å². The molecule has 0 radical (unpaired) electrons. The number of piperidine rings is 1. The van der Waals surface area contributed by atoms with Gasteiger partial charge in [-0.3, -0.25) is 14.9 Å². The van der Waals surface area contributed by atoms with Gasteiger partial charge >= 0.3 is 0 Å². The molecule has 0 atom stereocenters. The largest absolute Gasteiger partial charge is 0.493 e. The van der Waals surface area contributed by atoms with Crippen molar-refractivity contribution in [1.29, 1.82) is 0 Å². The normalized spacial score (nSPS) is 12.7. The van der Waals surface area contributed by atoms with E-state index in [1.807, 2.05) is 42.7 Å². The Labute approximate surface area is 341 Å². The Morgan fingerprint density at radius 3 is 1.80 bits per heavy atom. The highest BCUT2D eigenvalue weighted by atomic mass is 35.5. The quantitative estimate of drug-likeness (QED) is 0.108. The van der Waals surface area contributed by atoms with Crippen molar-refractivity contribution in [2.75, 3.05) is 60.6 Å². The predicted octanol–water partition coefficient (Wildman–Crippen LogP) is 9.17. The lowest BCUT2D eigenvalue weighted by molar-refractivity contribution is 0.201. The molecule has 1 aliphatic heterocycles. The zero-order chi connectivity index (χ0) is 35.9. The van der Waals surface area contributed by atoms with Crippen LogP contribution in [0.3, 0.4) is 0 Å². The van der Waals surface area contributed by atoms with E-state index in [0.717, 1.165) is 67.1 Å². The van der Waals surface area contributed by atoms with Crippen molar-refractivity contribution in [1.82, 2.24) is 14.9 Å². The van der Waals surface area contributed by atoms with Crippen LogP contribution in [-0.2, 0) is 13.1 Å². The summed E-state index contributed by atoms with van der Waals surface area (Å²) in [4.78, 5) is 14.7. The van der Waals surface area contributed by atoms with Crippen molar-refractivity contribution in [2.45, 2.75) is 38.9 Å². The van der Waals surface area contributed by atoms with Crippen molar-refractivity contribution >= 4 is 53.6 Å². The highest BCUT2D eigenvalue weighted by Crippen LogP contribution is 2.43. The molecule has 3 aromatic heterocycles. The number of ether oxygens (including phenoxy) is 6. The third-order valence-electron chi connectivity index (χ3n) is 9.45. The van der Waals surface area contributed by atoms with Crippen LogP contribution in [0.15, 0.2) is 72.4 Å². The molecule has 6 rings (SSSR count). The molecular formula is C40H49Cl3N4O6S. The Hall–Kier alpha value is -4.13. The maximum atomic E-state index is 5.68. The van der Waals surface area contributed by atoms with Crippen molar-refractivity contribution < 1.29 is 28.4 Å². The van der Waals surface area contributed by atoms with Gasteiger partial charge in [0, 0.05) is 55.7 Å². The number of pyridine rings is 2. The van der Waals surface area contributed by atoms with Crippen molar-refractivity contribution in [3.05, 3.63) is 89.1 Å². The lowest BCUT2D eigenvalue weighted by Gasteiger charge is -2.40. The first kappa shape index (κ1) is 44.3. The zero-order valence-corrected chi connectivity index (χ0v) is 34.9. The number of aromatic nitrogens is 2. The molecule has 0 amide bonds. The van der Waals surface area contributed by atoms with Crippen LogP contribution in [0.4, 0.5) is 5.00 Å². The number of halogens is 3. The molecule has 14 heteroatoms. The number of nitrogens with zero attached hydrogens (tertiary/aromatic N) is 4. The van der Waals surface area contributed by atoms with Gasteiger partial charge in [0.2, 0.25) is 11.5 Å². The van der Waals surface area contributed by atoms with E-state index in [1.165, 1.54) is 16.1 Å². The summed E-state index contributed by atoms with van der Waals surface area (Å²) >= 11 is 1.80. The summed E-state index contributed by atoms with van der Waals surface area (Å²) in [5, 5.41) is 3.49. The maximum Gasteiger partial charge on any atom is 0.203 e. The van der Waals surface area contributed by atoms with Gasteiger partial charge in [0.05, 0.1) is 59.0 Å². The van der Waals surface area contributed by atoms with Crippen LogP contribution < -0.4 is 33.3 Å². The van der Waals surface area contributed by atoms with E-state index < -0.39 is 0 Å². The Balaban J connectivity index is 0.00000261. The molecule has 0 bridgehead atoms. The molecule has 0 unspecified atom stereocenters. The summed E-state index contributed by atoms with van der Waals surface area (Å²) < 4.78 is 33.6. The minimum atomic E-state index is 0. The number of rotatable bonds is 14. The monoisotopic (exact) mass is 818 g/mol. The van der Waals surface area contributed by atoms with Crippen LogP contribution in [0.1, 0.15) is 29.5 Å². The molecule has 0 saturated carbocycles. The minimum Gasteiger partial charge on any atom is -0.493 e. The number of likely N-dealkylation sites (tertiary alicyclic amines) is 1. The van der Waals surface area contributed by atoms with E-state index in [-0.39, 0.29) is 37.2 Å². The summed E-state index contributed by atoms with van der Waals surface area (Å²) in [5.74, 6) is 3.55. The first-order chi connectivity index (χ1) is 24.9. The number of hydrogen-bond donors (Lipinski definition) is 0. The Bertz CT molecular complexity index is 1910. The van der Waals surface area contributed by atoms with Crippen LogP contribution in [0.5, 0.6) is 34.5 Å². The number of hydrogen-bond acceptors (Lipinski definition) is 11. The van der Waals surface area contributed by atoms with Crippen LogP contribution >= 0.6 is 48.6 Å². The number of thiophene rings is 1. The predicted molar refractivity (Wildman–Crippen MR) is 224 cm³/mol. The molecule has 1 aliphatic rings. The molecule has 292 valence electrons. The Morgan fingerprint density at radius 1 is 0.704 bits per heavy atom. The average Bonchev–Trinajstić information content (AvgIpc) is 3.61. The van der Waals surface area contributed by atoms with Gasteiger partial charge in [-0.1, -0.05) is 6.07 Å². The van der Waals surface area contributed by atoms with Gasteiger partial charge in [-0.25, -0.2) is 0 Å². The topological polar surface area (TPSA) is 87.6 Å². The maximum absolute atomic E-state index is 5.68. The van der Waals surface area contributed by atoms with E-state index in [2.05, 4.69) is 51.4 Å². The van der Waals surface area contributed by atoms with Crippen LogP contribution in [0.2, 0.25) is 0 Å². The van der Waals surface area contributed by atoms with Crippen molar-refractivity contribution in [3.63, 3.8) is 0 Å². The summed E-state index contributed by atoms with van der Waals surface area (Å²) in [7, 11) is 9.75. The van der Waals surface area contributed by atoms with Gasteiger partial charge in [-0.05, 0) is 90.4 Å². The molecule has 10 nitrogen and oxygen atoms in total. The minimum absolute atomic E-state index is 0. The van der Waals surface area contributed by atoms with Gasteiger partial charge in [-0.15, -0.1) is 48.6 Å². The van der Waals surface area contributed by atoms with E-state index in [4.69, 9.17) is 33.4 Å². The Kier molecular flexibility index (Phi) is 16.8. The molecule has 4 heterocycles. The van der Waals surface area contributed by atoms with E-state index in [0.29, 0.717) is 40.5 Å². The van der Waals surface area contributed by atoms with Gasteiger partial charge in [0.25, 0.3) is 0 Å². The summed E-state index contributed by atoms with van der Waals surface area (Å²) in [6, 6.07) is 18.8. The van der Waals surface area contributed by atoms with Crippen LogP contribution in [-0.4, -0.2) is 76.7 Å². The smallest absolute Gasteiger partial charge is 0.203 e. The van der Waals surface area contributed by atoms with Gasteiger partial charge < -0.3 is 33.3 Å². The van der Waals surface area contributed by atoms with Crippen LogP contribution in [0, 0.1) is 6.92 Å². The molecule has 0 aliphatic carbocycles. The number of aryl methyl sites for hydroxylation is 1. The van der Waals surface area contributed by atoms with E-state index in [9.17, 15) is 0 Å². The second-order valence-corrected chi connectivity index (χ2v) is 13.3. The SMILES string of the molecule is COc1cc(-c2cc(CN3CCC(N(Cc4cccnc4-c4cc(OC)c(OC)c(OC)c4)c4sccc4C)CC3)ccn2)cc(OC)c1OC.Cl.Cl.Cl. The summed E-state index contributed by atoms with van der Waals surface area (Å²) in [5.41, 5.74) is 7.22. The lowest BCUT2D eigenvalue weighted by atomic mass is 9.99. The molecule has 1 saturated heterocycles. The van der Waals surface area contributed by atoms with Gasteiger partial charge in [0.1, 0.15) is 0 Å². The summed E-state index contributed by atoms with van der Waals surface area (Å²) in [6.07, 6.45) is 5.80. The third kappa shape index (κ3) is 9.56. The highest BCUT2D eigenvalue weighted by Gasteiger charge is 2.28. The first-order valence-electron chi connectivity index (χ1n) is 16.9. The second kappa shape index (κ2) is 20.5. The first-order valence-corrected chi connectivity index (χ1v) is 17.8. The molecule has 2 aromatic carbocycles. The fraction of sp³-hybridized carbons (Fsp3) is 0.350. The second-order valence-electron chi connectivity index (χ2n) is 12.4. The van der Waals surface area contributed by atoms with Crippen molar-refractivity contribution in [3.8, 4) is 57.0 Å². The third-order valence-corrected chi connectivity index (χ3v) is 10.5. The van der Waals surface area contributed by atoms with Crippen LogP contribution in [0.25, 0.3) is 22.5 Å². The van der Waals surface area contributed by atoms with Crippen molar-refractivity contribution in [2.24, 2.45) is 0 Å². The standard InChI is InChI=1S/C40H46N4O6S.3ClH/c1-26-13-18-51-40(26)44(25-28-9-8-14-42-37(28)30-22-35(47-4)39(50-7)36(23-30)48-5)31-11-16-43(17-12-31)24-27-10-15-41-32(19-27)29-20-33(45-2)38(49-6)34(21-29)46-3;;;/h8-10,13-15,18-23,31H,11-12,16-17,24-25H2,1-7H3;3*1H. The Morgan fingerprint density at radius 2 is 1.28 bits per heavy atom. The molecule has 54 heavy (non-hydrogen) atoms. The molecule has 5 aromatic rings. The molecule has 0 spiro atoms. The average molecular weight is 820 g/mol. The van der Waals surface area contributed by atoms with E-state index in [1.54, 1.807) is 54.0 Å². The zero-order valence-electron chi connectivity index (χ0n) is 31.6. The number of benzene rings is 2. The lowest BCUT2D eigenvalue weighted by Crippen LogP contribution is -2.44. The summed E-state index contributed by atoms with van der Waals surface area (Å²) in [6.45, 7) is 5.75. The molecular weight excluding hydrogens is 771 g/mol. The number of methoxy groups -OCH3 is 6. The van der Waals surface area contributed by atoms with E-state index >= 15 is 0 Å². The highest BCUT2D eigenvalue weighted by molar-refractivity contribution is 7.14.